The van der Waals surface area contributed by atoms with Crippen LogP contribution in [0.1, 0.15) is 24.7 Å². The molecule has 2 fully saturated rings. The van der Waals surface area contributed by atoms with E-state index in [4.69, 9.17) is 4.42 Å². The van der Waals surface area contributed by atoms with Gasteiger partial charge in [0, 0.05) is 13.1 Å². The topological polar surface area (TPSA) is 95.8 Å². The first-order valence-corrected chi connectivity index (χ1v) is 8.33. The fraction of sp³-hybridized carbons (Fsp3) is 0.412. The van der Waals surface area contributed by atoms with Crippen molar-refractivity contribution < 1.29 is 18.8 Å². The third-order valence-corrected chi connectivity index (χ3v) is 4.66. The van der Waals surface area contributed by atoms with Gasteiger partial charge in [0.15, 0.2) is 11.5 Å². The number of aromatic nitrogens is 1. The molecule has 0 spiro atoms. The Hall–Kier alpha value is -2.90. The summed E-state index contributed by atoms with van der Waals surface area (Å²) in [5, 5.41) is 2.42. The molecule has 2 saturated heterocycles. The number of hydrogen-bond acceptors (Lipinski definition) is 5. The van der Waals surface area contributed by atoms with E-state index in [1.165, 1.54) is 0 Å². The lowest BCUT2D eigenvalue weighted by Gasteiger charge is -2.32. The molecule has 1 unspecified atom stereocenters. The van der Waals surface area contributed by atoms with Gasteiger partial charge in [-0.3, -0.25) is 14.5 Å². The number of fused-ring (bicyclic) bond motifs is 1. The minimum absolute atomic E-state index is 0.0215. The summed E-state index contributed by atoms with van der Waals surface area (Å²) in [5.41, 5.74) is 1.54. The van der Waals surface area contributed by atoms with Gasteiger partial charge in [-0.15, -0.1) is 0 Å². The van der Waals surface area contributed by atoms with Crippen molar-refractivity contribution in [3.8, 4) is 0 Å². The number of para-hydroxylation sites is 2. The monoisotopic (exact) mass is 342 g/mol. The van der Waals surface area contributed by atoms with E-state index in [9.17, 15) is 14.4 Å². The highest BCUT2D eigenvalue weighted by Gasteiger charge is 2.34. The van der Waals surface area contributed by atoms with E-state index in [0.717, 1.165) is 28.8 Å². The summed E-state index contributed by atoms with van der Waals surface area (Å²) in [6, 6.07) is 7.06. The third kappa shape index (κ3) is 2.95. The van der Waals surface area contributed by atoms with E-state index in [-0.39, 0.29) is 30.8 Å². The molecular weight excluding hydrogens is 324 g/mol. The van der Waals surface area contributed by atoms with Crippen molar-refractivity contribution in [1.82, 2.24) is 20.1 Å². The molecule has 4 amide bonds. The van der Waals surface area contributed by atoms with Crippen LogP contribution >= 0.6 is 0 Å². The van der Waals surface area contributed by atoms with Crippen LogP contribution in [0.3, 0.4) is 0 Å². The molecule has 0 saturated carbocycles. The Morgan fingerprint density at radius 1 is 1.32 bits per heavy atom. The summed E-state index contributed by atoms with van der Waals surface area (Å²) < 4.78 is 5.83. The number of imide groups is 1. The first-order valence-electron chi connectivity index (χ1n) is 8.33. The van der Waals surface area contributed by atoms with Gasteiger partial charge < -0.3 is 14.6 Å². The van der Waals surface area contributed by atoms with Crippen molar-refractivity contribution in [3.63, 3.8) is 0 Å². The predicted molar refractivity (Wildman–Crippen MR) is 87.7 cm³/mol. The summed E-state index contributed by atoms with van der Waals surface area (Å²) in [6.45, 7) is 0.830. The molecule has 2 aliphatic heterocycles. The molecule has 2 aromatic rings. The lowest BCUT2D eigenvalue weighted by molar-refractivity contribution is -0.137. The van der Waals surface area contributed by atoms with Crippen LogP contribution in [0.25, 0.3) is 11.1 Å². The molecule has 1 N–H and O–H groups in total. The van der Waals surface area contributed by atoms with Crippen LogP contribution in [0.15, 0.2) is 28.7 Å². The average Bonchev–Trinajstić information content (AvgIpc) is 3.20. The molecular formula is C17H18N4O4. The van der Waals surface area contributed by atoms with E-state index in [1.54, 1.807) is 4.90 Å². The molecule has 1 aromatic heterocycles. The Morgan fingerprint density at radius 3 is 2.92 bits per heavy atom. The molecule has 25 heavy (non-hydrogen) atoms. The predicted octanol–water partition coefficient (Wildman–Crippen LogP) is 1.09. The number of rotatable bonds is 3. The molecule has 3 heterocycles. The molecule has 0 bridgehead atoms. The number of carbonyl (C=O) groups is 3. The summed E-state index contributed by atoms with van der Waals surface area (Å²) in [6.07, 6.45) is 1.72. The normalized spacial score (nSPS) is 21.0. The maximum absolute atomic E-state index is 12.5. The SMILES string of the molecule is O=C(CN1C(=O)CNC1=O)N1CCCC(c2nc3ccccc3o2)C1. The summed E-state index contributed by atoms with van der Waals surface area (Å²) >= 11 is 0. The lowest BCUT2D eigenvalue weighted by atomic mass is 9.98. The molecule has 8 heteroatoms. The first-order chi connectivity index (χ1) is 12.1. The van der Waals surface area contributed by atoms with Crippen molar-refractivity contribution in [2.45, 2.75) is 18.8 Å². The lowest BCUT2D eigenvalue weighted by Crippen LogP contribution is -2.46. The van der Waals surface area contributed by atoms with Crippen molar-refractivity contribution in [1.29, 1.82) is 0 Å². The molecule has 130 valence electrons. The van der Waals surface area contributed by atoms with E-state index >= 15 is 0 Å². The first kappa shape index (κ1) is 15.6. The number of amides is 4. The van der Waals surface area contributed by atoms with Gasteiger partial charge in [-0.25, -0.2) is 9.78 Å². The van der Waals surface area contributed by atoms with Gasteiger partial charge in [0.05, 0.1) is 12.5 Å². The Balaban J connectivity index is 1.46. The van der Waals surface area contributed by atoms with Crippen LogP contribution in [-0.4, -0.2) is 58.8 Å². The van der Waals surface area contributed by atoms with E-state index < -0.39 is 6.03 Å². The Bertz CT molecular complexity index is 797. The molecule has 4 rings (SSSR count). The number of piperidine rings is 1. The van der Waals surface area contributed by atoms with Gasteiger partial charge in [-0.05, 0) is 25.0 Å². The molecule has 0 aliphatic carbocycles. The Kier molecular flexibility index (Phi) is 3.87. The Morgan fingerprint density at radius 2 is 2.16 bits per heavy atom. The van der Waals surface area contributed by atoms with Crippen LogP contribution in [0.5, 0.6) is 0 Å². The zero-order valence-electron chi connectivity index (χ0n) is 13.6. The smallest absolute Gasteiger partial charge is 0.325 e. The summed E-state index contributed by atoms with van der Waals surface area (Å²) in [7, 11) is 0. The fourth-order valence-corrected chi connectivity index (χ4v) is 3.32. The van der Waals surface area contributed by atoms with E-state index in [1.807, 2.05) is 24.3 Å². The molecule has 2 aliphatic rings. The number of nitrogens with zero attached hydrogens (tertiary/aromatic N) is 3. The van der Waals surface area contributed by atoms with Gasteiger partial charge in [-0.2, -0.15) is 0 Å². The second kappa shape index (κ2) is 6.19. The molecule has 0 radical (unpaired) electrons. The molecule has 1 atom stereocenters. The van der Waals surface area contributed by atoms with Crippen LogP contribution in [-0.2, 0) is 9.59 Å². The van der Waals surface area contributed by atoms with Crippen molar-refractivity contribution in [2.75, 3.05) is 26.2 Å². The van der Waals surface area contributed by atoms with Crippen LogP contribution < -0.4 is 5.32 Å². The fourth-order valence-electron chi connectivity index (χ4n) is 3.32. The zero-order valence-corrected chi connectivity index (χ0v) is 13.6. The highest BCUT2D eigenvalue weighted by Crippen LogP contribution is 2.29. The van der Waals surface area contributed by atoms with Gasteiger partial charge in [-0.1, -0.05) is 12.1 Å². The van der Waals surface area contributed by atoms with Crippen molar-refractivity contribution in [3.05, 3.63) is 30.2 Å². The summed E-state index contributed by atoms with van der Waals surface area (Å²) in [4.78, 5) is 42.9. The average molecular weight is 342 g/mol. The quantitative estimate of drug-likeness (QED) is 0.842. The van der Waals surface area contributed by atoms with Crippen LogP contribution in [0, 0.1) is 0 Å². The van der Waals surface area contributed by atoms with E-state index in [2.05, 4.69) is 10.3 Å². The highest BCUT2D eigenvalue weighted by molar-refractivity contribution is 6.04. The van der Waals surface area contributed by atoms with Crippen LogP contribution in [0.4, 0.5) is 4.79 Å². The Labute approximate surface area is 143 Å². The number of hydrogen-bond donors (Lipinski definition) is 1. The number of benzene rings is 1. The third-order valence-electron chi connectivity index (χ3n) is 4.66. The number of oxazole rings is 1. The minimum atomic E-state index is -0.508. The maximum Gasteiger partial charge on any atom is 0.325 e. The van der Waals surface area contributed by atoms with Crippen LogP contribution in [0.2, 0.25) is 0 Å². The summed E-state index contributed by atoms with van der Waals surface area (Å²) in [5.74, 6) is 0.0546. The van der Waals surface area contributed by atoms with Gasteiger partial charge in [0.25, 0.3) is 5.91 Å². The second-order valence-electron chi connectivity index (χ2n) is 6.34. The van der Waals surface area contributed by atoms with Gasteiger partial charge >= 0.3 is 6.03 Å². The standard InChI is InChI=1S/C17H18N4O4/c22-14-8-18-17(24)21(14)10-15(23)20-7-3-4-11(9-20)16-19-12-5-1-2-6-13(12)25-16/h1-2,5-6,11H,3-4,7-10H2,(H,18,24). The highest BCUT2D eigenvalue weighted by atomic mass is 16.3. The number of likely N-dealkylation sites (tertiary alicyclic amines) is 1. The molecule has 8 nitrogen and oxygen atoms in total. The van der Waals surface area contributed by atoms with Gasteiger partial charge in [0.1, 0.15) is 12.1 Å². The molecule has 1 aromatic carbocycles. The minimum Gasteiger partial charge on any atom is -0.440 e. The number of carbonyl (C=O) groups excluding carboxylic acids is 3. The largest absolute Gasteiger partial charge is 0.440 e. The maximum atomic E-state index is 12.5. The number of nitrogens with one attached hydrogen (secondary N) is 1. The number of urea groups is 1. The second-order valence-corrected chi connectivity index (χ2v) is 6.34. The van der Waals surface area contributed by atoms with Crippen molar-refractivity contribution >= 4 is 28.9 Å². The zero-order chi connectivity index (χ0) is 17.4. The van der Waals surface area contributed by atoms with Crippen molar-refractivity contribution in [2.24, 2.45) is 0 Å². The van der Waals surface area contributed by atoms with Gasteiger partial charge in [0.2, 0.25) is 5.91 Å². The van der Waals surface area contributed by atoms with E-state index in [0.29, 0.717) is 19.0 Å².